The maximum atomic E-state index is 11.5. The molecule has 4 saturated carbocycles. The van der Waals surface area contributed by atoms with Gasteiger partial charge in [-0.15, -0.1) is 0 Å². The van der Waals surface area contributed by atoms with Crippen LogP contribution in [-0.2, 0) is 0 Å². The number of aliphatic hydroxyl groups is 2. The summed E-state index contributed by atoms with van der Waals surface area (Å²) in [6.07, 6.45) is 11.1. The van der Waals surface area contributed by atoms with E-state index in [-0.39, 0.29) is 17.6 Å². The van der Waals surface area contributed by atoms with Crippen molar-refractivity contribution in [2.45, 2.75) is 97.2 Å². The monoisotopic (exact) mass is 422 g/mol. The van der Waals surface area contributed by atoms with Crippen LogP contribution in [0.25, 0.3) is 6.08 Å². The van der Waals surface area contributed by atoms with Crippen molar-refractivity contribution in [3.8, 4) is 0 Å². The molecule has 0 unspecified atom stereocenters. The molecule has 4 fully saturated rings. The highest BCUT2D eigenvalue weighted by molar-refractivity contribution is 5.56. The van der Waals surface area contributed by atoms with Gasteiger partial charge in [0, 0.05) is 5.41 Å². The minimum atomic E-state index is -0.304. The molecule has 0 bridgehead atoms. The molecular weight excluding hydrogens is 380 g/mol. The van der Waals surface area contributed by atoms with E-state index in [0.717, 1.165) is 37.5 Å². The van der Waals surface area contributed by atoms with Gasteiger partial charge < -0.3 is 10.2 Å². The molecular formula is C29H42O2. The van der Waals surface area contributed by atoms with Crippen LogP contribution in [0.15, 0.2) is 29.8 Å². The number of benzene rings is 1. The molecule has 0 aliphatic heterocycles. The highest BCUT2D eigenvalue weighted by Crippen LogP contribution is 2.67. The third-order valence-corrected chi connectivity index (χ3v) is 10.5. The van der Waals surface area contributed by atoms with E-state index < -0.39 is 0 Å². The number of fused-ring (bicyclic) bond motifs is 5. The van der Waals surface area contributed by atoms with Crippen LogP contribution >= 0.6 is 0 Å². The van der Waals surface area contributed by atoms with Crippen molar-refractivity contribution in [3.05, 3.63) is 41.0 Å². The van der Waals surface area contributed by atoms with Crippen LogP contribution in [0, 0.1) is 34.5 Å². The third-order valence-electron chi connectivity index (χ3n) is 10.5. The van der Waals surface area contributed by atoms with Crippen LogP contribution in [0.5, 0.6) is 0 Å². The lowest BCUT2D eigenvalue weighted by molar-refractivity contribution is -0.133. The van der Waals surface area contributed by atoms with Gasteiger partial charge in [-0.2, -0.15) is 0 Å². The molecule has 5 rings (SSSR count). The van der Waals surface area contributed by atoms with Crippen LogP contribution in [0.3, 0.4) is 0 Å². The molecule has 1 aromatic rings. The van der Waals surface area contributed by atoms with Gasteiger partial charge in [0.05, 0.1) is 12.2 Å². The first-order chi connectivity index (χ1) is 14.7. The lowest BCUT2D eigenvalue weighted by Crippen LogP contribution is -2.54. The SMILES string of the molecule is CC(C)c1ccc(/C=C2\C[C@H]3[C@@H]4CC[C@H]5C[C@@H](O)CC[C@]5(C)[C@H]4CC[C@]3(C)[C@@H]2O)cc1. The highest BCUT2D eigenvalue weighted by Gasteiger charge is 2.61. The average Bonchev–Trinajstić information content (AvgIpc) is 2.99. The molecule has 8 atom stereocenters. The predicted molar refractivity (Wildman–Crippen MR) is 128 cm³/mol. The van der Waals surface area contributed by atoms with E-state index in [2.05, 4.69) is 58.0 Å². The Balaban J connectivity index is 1.40. The summed E-state index contributed by atoms with van der Waals surface area (Å²) in [5, 5.41) is 21.7. The van der Waals surface area contributed by atoms with Crippen LogP contribution < -0.4 is 0 Å². The molecule has 4 aliphatic carbocycles. The van der Waals surface area contributed by atoms with Crippen molar-refractivity contribution in [1.29, 1.82) is 0 Å². The summed E-state index contributed by atoms with van der Waals surface area (Å²) in [6.45, 7) is 9.39. The van der Waals surface area contributed by atoms with Gasteiger partial charge in [-0.25, -0.2) is 0 Å². The van der Waals surface area contributed by atoms with Gasteiger partial charge in [0.15, 0.2) is 0 Å². The first kappa shape index (κ1) is 21.7. The zero-order valence-corrected chi connectivity index (χ0v) is 20.0. The van der Waals surface area contributed by atoms with Gasteiger partial charge >= 0.3 is 0 Å². The van der Waals surface area contributed by atoms with Crippen molar-refractivity contribution < 1.29 is 10.2 Å². The number of hydrogen-bond donors (Lipinski definition) is 2. The van der Waals surface area contributed by atoms with Gasteiger partial charge in [-0.05, 0) is 103 Å². The Labute approximate surface area is 189 Å². The normalized spacial score (nSPS) is 46.0. The van der Waals surface area contributed by atoms with Crippen LogP contribution in [0.4, 0.5) is 0 Å². The van der Waals surface area contributed by atoms with E-state index >= 15 is 0 Å². The van der Waals surface area contributed by atoms with E-state index in [1.807, 2.05) is 0 Å². The largest absolute Gasteiger partial charge is 0.393 e. The Hall–Kier alpha value is -1.12. The average molecular weight is 423 g/mol. The fourth-order valence-electron chi connectivity index (χ4n) is 8.43. The molecule has 0 amide bonds. The van der Waals surface area contributed by atoms with Gasteiger partial charge in [0.1, 0.15) is 0 Å². The molecule has 0 aromatic heterocycles. The summed E-state index contributed by atoms with van der Waals surface area (Å²) in [5.74, 6) is 3.36. The lowest BCUT2D eigenvalue weighted by Gasteiger charge is -2.60. The van der Waals surface area contributed by atoms with Gasteiger partial charge in [0.2, 0.25) is 0 Å². The van der Waals surface area contributed by atoms with Crippen LogP contribution in [0.1, 0.15) is 96.1 Å². The number of aliphatic hydroxyl groups excluding tert-OH is 2. The van der Waals surface area contributed by atoms with Gasteiger partial charge in [-0.3, -0.25) is 0 Å². The number of rotatable bonds is 2. The van der Waals surface area contributed by atoms with Crippen molar-refractivity contribution >= 4 is 6.08 Å². The minimum Gasteiger partial charge on any atom is -0.393 e. The molecule has 0 saturated heterocycles. The maximum Gasteiger partial charge on any atom is 0.0809 e. The summed E-state index contributed by atoms with van der Waals surface area (Å²) in [7, 11) is 0. The van der Waals surface area contributed by atoms with Crippen molar-refractivity contribution in [3.63, 3.8) is 0 Å². The molecule has 2 heteroatoms. The fraction of sp³-hybridized carbons (Fsp3) is 0.724. The molecule has 2 N–H and O–H groups in total. The number of hydrogen-bond acceptors (Lipinski definition) is 2. The topological polar surface area (TPSA) is 40.5 Å². The standard InChI is InChI=1S/C29H42O2/c1-18(2)20-7-5-19(6-8-20)15-21-16-26-24-10-9-22-17-23(30)11-13-28(22,3)25(24)12-14-29(26,4)27(21)31/h5-8,15,18,22-27,30-31H,9-14,16-17H2,1-4H3/b21-15+/t22-,23-,24+,25-,26-,27+,28-,29-/m0/s1. The summed E-state index contributed by atoms with van der Waals surface area (Å²) >= 11 is 0. The second-order valence-corrected chi connectivity index (χ2v) is 12.3. The van der Waals surface area contributed by atoms with Crippen molar-refractivity contribution in [2.75, 3.05) is 0 Å². The van der Waals surface area contributed by atoms with Crippen LogP contribution in [0.2, 0.25) is 0 Å². The third kappa shape index (κ3) is 3.44. The summed E-state index contributed by atoms with van der Waals surface area (Å²) < 4.78 is 0. The van der Waals surface area contributed by atoms with Crippen LogP contribution in [-0.4, -0.2) is 22.4 Å². The second-order valence-electron chi connectivity index (χ2n) is 12.3. The Bertz CT molecular complexity index is 839. The fourth-order valence-corrected chi connectivity index (χ4v) is 8.43. The zero-order chi connectivity index (χ0) is 22.0. The Kier molecular flexibility index (Phi) is 5.42. The second kappa shape index (κ2) is 7.73. The van der Waals surface area contributed by atoms with Crippen molar-refractivity contribution in [1.82, 2.24) is 0 Å². The zero-order valence-electron chi connectivity index (χ0n) is 20.0. The summed E-state index contributed by atoms with van der Waals surface area (Å²) in [4.78, 5) is 0. The first-order valence-corrected chi connectivity index (χ1v) is 12.9. The molecule has 4 aliphatic rings. The predicted octanol–water partition coefficient (Wildman–Crippen LogP) is 6.57. The van der Waals surface area contributed by atoms with Crippen molar-refractivity contribution in [2.24, 2.45) is 34.5 Å². The summed E-state index contributed by atoms with van der Waals surface area (Å²) in [5.41, 5.74) is 4.29. The maximum absolute atomic E-state index is 11.5. The molecule has 0 heterocycles. The van der Waals surface area contributed by atoms with E-state index in [1.165, 1.54) is 42.4 Å². The molecule has 1 aromatic carbocycles. The smallest absolute Gasteiger partial charge is 0.0809 e. The lowest BCUT2D eigenvalue weighted by atomic mass is 9.45. The molecule has 170 valence electrons. The molecule has 31 heavy (non-hydrogen) atoms. The van der Waals surface area contributed by atoms with Gasteiger partial charge in [0.25, 0.3) is 0 Å². The van der Waals surface area contributed by atoms with E-state index in [9.17, 15) is 10.2 Å². The summed E-state index contributed by atoms with van der Waals surface area (Å²) in [6, 6.07) is 8.93. The minimum absolute atomic E-state index is 0.0300. The Morgan fingerprint density at radius 1 is 0.903 bits per heavy atom. The molecule has 0 radical (unpaired) electrons. The van der Waals surface area contributed by atoms with E-state index in [0.29, 0.717) is 23.2 Å². The Morgan fingerprint density at radius 3 is 2.32 bits per heavy atom. The molecule has 2 nitrogen and oxygen atoms in total. The van der Waals surface area contributed by atoms with E-state index in [1.54, 1.807) is 0 Å². The van der Waals surface area contributed by atoms with Gasteiger partial charge in [-0.1, -0.05) is 58.0 Å². The quantitative estimate of drug-likeness (QED) is 0.566. The van der Waals surface area contributed by atoms with E-state index in [4.69, 9.17) is 0 Å². The first-order valence-electron chi connectivity index (χ1n) is 12.9. The highest BCUT2D eigenvalue weighted by atomic mass is 16.3. The molecule has 0 spiro atoms. The Morgan fingerprint density at radius 2 is 1.61 bits per heavy atom.